The van der Waals surface area contributed by atoms with Crippen LogP contribution in [-0.2, 0) is 0 Å². The van der Waals surface area contributed by atoms with Crippen molar-refractivity contribution in [2.45, 2.75) is 52.9 Å². The summed E-state index contributed by atoms with van der Waals surface area (Å²) in [7, 11) is 0. The maximum atomic E-state index is 7.57. The molecule has 0 aliphatic heterocycles. The van der Waals surface area contributed by atoms with Gasteiger partial charge in [0.25, 0.3) is 0 Å². The van der Waals surface area contributed by atoms with Crippen LogP contribution in [0.15, 0.2) is 0 Å². The van der Waals surface area contributed by atoms with Crippen LogP contribution in [0.4, 0.5) is 0 Å². The molecule has 0 unspecified atom stereocenters. The minimum atomic E-state index is -0.201. The highest BCUT2D eigenvalue weighted by molar-refractivity contribution is 4.45. The van der Waals surface area contributed by atoms with Gasteiger partial charge in [-0.2, -0.15) is 0 Å². The summed E-state index contributed by atoms with van der Waals surface area (Å²) in [5.74, 6) is -0.201. The van der Waals surface area contributed by atoms with E-state index in [9.17, 15) is 0 Å². The standard InChI is InChI=1S/C9H20/c1-4-5-6-7-8-9(2)3/h9H,4-8H2,1-3H3/i9D. The second-order valence-corrected chi connectivity index (χ2v) is 3.02. The Morgan fingerprint density at radius 3 is 2.33 bits per heavy atom. The Morgan fingerprint density at radius 2 is 1.89 bits per heavy atom. The van der Waals surface area contributed by atoms with Gasteiger partial charge in [-0.25, -0.2) is 0 Å². The molecule has 0 bridgehead atoms. The van der Waals surface area contributed by atoms with Gasteiger partial charge < -0.3 is 0 Å². The lowest BCUT2D eigenvalue weighted by atomic mass is 10.1. The quantitative estimate of drug-likeness (QED) is 0.497. The van der Waals surface area contributed by atoms with E-state index in [1.165, 1.54) is 25.7 Å². The number of hydrogen-bond donors (Lipinski definition) is 0. The Morgan fingerprint density at radius 1 is 1.22 bits per heavy atom. The van der Waals surface area contributed by atoms with Crippen molar-refractivity contribution in [2.75, 3.05) is 0 Å². The van der Waals surface area contributed by atoms with Crippen molar-refractivity contribution in [2.24, 2.45) is 5.89 Å². The molecule has 0 aliphatic rings. The van der Waals surface area contributed by atoms with Gasteiger partial charge in [-0.3, -0.25) is 0 Å². The fraction of sp³-hybridized carbons (Fsp3) is 1.00. The van der Waals surface area contributed by atoms with Crippen LogP contribution in [0, 0.1) is 5.89 Å². The van der Waals surface area contributed by atoms with Gasteiger partial charge in [0.1, 0.15) is 0 Å². The van der Waals surface area contributed by atoms with E-state index in [4.69, 9.17) is 1.37 Å². The van der Waals surface area contributed by atoms with Crippen LogP contribution >= 0.6 is 0 Å². The van der Waals surface area contributed by atoms with Gasteiger partial charge in [0.2, 0.25) is 0 Å². The Labute approximate surface area is 61.1 Å². The van der Waals surface area contributed by atoms with Crippen LogP contribution in [0.1, 0.15) is 54.2 Å². The van der Waals surface area contributed by atoms with Gasteiger partial charge in [-0.15, -0.1) is 0 Å². The first-order valence-corrected chi connectivity index (χ1v) is 4.06. The Hall–Kier alpha value is 0. The second kappa shape index (κ2) is 6.12. The molecule has 0 aromatic heterocycles. The Kier molecular flexibility index (Phi) is 4.84. The maximum absolute atomic E-state index is 7.57. The highest BCUT2D eigenvalue weighted by Crippen LogP contribution is 2.08. The zero-order valence-electron chi connectivity index (χ0n) is 8.04. The third kappa shape index (κ3) is 8.00. The van der Waals surface area contributed by atoms with Crippen LogP contribution in [-0.4, -0.2) is 0 Å². The highest BCUT2D eigenvalue weighted by atomic mass is 14.0. The summed E-state index contributed by atoms with van der Waals surface area (Å²) in [6.07, 6.45) is 6.20. The summed E-state index contributed by atoms with van der Waals surface area (Å²) >= 11 is 0. The minimum Gasteiger partial charge on any atom is -0.0654 e. The lowest BCUT2D eigenvalue weighted by molar-refractivity contribution is 0.525. The summed E-state index contributed by atoms with van der Waals surface area (Å²) in [5.41, 5.74) is 0. The van der Waals surface area contributed by atoms with E-state index in [2.05, 4.69) is 6.92 Å². The third-order valence-electron chi connectivity index (χ3n) is 1.53. The fourth-order valence-electron chi connectivity index (χ4n) is 0.905. The van der Waals surface area contributed by atoms with Crippen LogP contribution in [0.5, 0.6) is 0 Å². The Balaban J connectivity index is 3.04. The summed E-state index contributed by atoms with van der Waals surface area (Å²) in [5, 5.41) is 0. The van der Waals surface area contributed by atoms with Gasteiger partial charge in [0, 0.05) is 1.37 Å². The first kappa shape index (κ1) is 7.11. The van der Waals surface area contributed by atoms with E-state index in [0.29, 0.717) is 0 Å². The molecule has 0 heterocycles. The van der Waals surface area contributed by atoms with Crippen LogP contribution in [0.25, 0.3) is 0 Å². The predicted molar refractivity (Wildman–Crippen MR) is 43.6 cm³/mol. The van der Waals surface area contributed by atoms with Gasteiger partial charge in [0.05, 0.1) is 0 Å². The van der Waals surface area contributed by atoms with Crippen molar-refractivity contribution in [3.63, 3.8) is 0 Å². The molecular formula is C9H20. The maximum Gasteiger partial charge on any atom is 0.0297 e. The smallest absolute Gasteiger partial charge is 0.0297 e. The van der Waals surface area contributed by atoms with Crippen molar-refractivity contribution in [3.05, 3.63) is 0 Å². The lowest BCUT2D eigenvalue weighted by Gasteiger charge is -2.01. The predicted octanol–water partition coefficient (Wildman–Crippen LogP) is 3.61. The van der Waals surface area contributed by atoms with Crippen LogP contribution in [0.2, 0.25) is 0 Å². The molecule has 56 valence electrons. The molecule has 9 heavy (non-hydrogen) atoms. The molecule has 0 rings (SSSR count). The summed E-state index contributed by atoms with van der Waals surface area (Å²) in [6, 6.07) is 0. The van der Waals surface area contributed by atoms with Gasteiger partial charge in [0.15, 0.2) is 0 Å². The summed E-state index contributed by atoms with van der Waals surface area (Å²) in [4.78, 5) is 0. The average Bonchev–Trinajstić information content (AvgIpc) is 1.78. The lowest BCUT2D eigenvalue weighted by Crippen LogP contribution is -1.86. The molecule has 0 saturated heterocycles. The molecule has 0 heteroatoms. The van der Waals surface area contributed by atoms with Crippen molar-refractivity contribution in [1.29, 1.82) is 0 Å². The van der Waals surface area contributed by atoms with E-state index >= 15 is 0 Å². The third-order valence-corrected chi connectivity index (χ3v) is 1.53. The van der Waals surface area contributed by atoms with Crippen molar-refractivity contribution < 1.29 is 1.37 Å². The van der Waals surface area contributed by atoms with E-state index < -0.39 is 0 Å². The number of rotatable bonds is 5. The number of unbranched alkanes of at least 4 members (excludes halogenated alkanes) is 3. The fourth-order valence-corrected chi connectivity index (χ4v) is 0.905. The molecule has 0 saturated carbocycles. The van der Waals surface area contributed by atoms with E-state index in [1.807, 2.05) is 13.8 Å². The highest BCUT2D eigenvalue weighted by Gasteiger charge is 1.91. The first-order valence-electron chi connectivity index (χ1n) is 4.56. The van der Waals surface area contributed by atoms with Crippen molar-refractivity contribution in [1.82, 2.24) is 0 Å². The Bertz CT molecular complexity index is 71.3. The molecule has 0 radical (unpaired) electrons. The van der Waals surface area contributed by atoms with Gasteiger partial charge >= 0.3 is 0 Å². The largest absolute Gasteiger partial charge is 0.0654 e. The second-order valence-electron chi connectivity index (χ2n) is 3.02. The normalized spacial score (nSPS) is 13.4. The van der Waals surface area contributed by atoms with Crippen molar-refractivity contribution >= 4 is 0 Å². The molecule has 0 aliphatic carbocycles. The molecule has 0 amide bonds. The zero-order valence-corrected chi connectivity index (χ0v) is 7.04. The zero-order chi connectivity index (χ0) is 8.04. The minimum absolute atomic E-state index is 0.201. The number of hydrogen-bond acceptors (Lipinski definition) is 0. The summed E-state index contributed by atoms with van der Waals surface area (Å²) < 4.78 is 7.57. The molecule has 0 nitrogen and oxygen atoms in total. The first-order chi connectivity index (χ1) is 4.56. The van der Waals surface area contributed by atoms with Crippen molar-refractivity contribution in [3.8, 4) is 0 Å². The van der Waals surface area contributed by atoms with E-state index in [0.717, 1.165) is 6.42 Å². The summed E-state index contributed by atoms with van der Waals surface area (Å²) in [6.45, 7) is 6.18. The van der Waals surface area contributed by atoms with Gasteiger partial charge in [-0.05, 0) is 5.89 Å². The molecular weight excluding hydrogens is 108 g/mol. The molecule has 0 atom stereocenters. The monoisotopic (exact) mass is 129 g/mol. The SMILES string of the molecule is [2H]C(C)(C)CCCCCC. The van der Waals surface area contributed by atoms with Crippen LogP contribution in [0.3, 0.4) is 0 Å². The van der Waals surface area contributed by atoms with Crippen LogP contribution < -0.4 is 0 Å². The molecule has 0 spiro atoms. The van der Waals surface area contributed by atoms with E-state index in [-0.39, 0.29) is 5.89 Å². The molecule has 0 aromatic rings. The van der Waals surface area contributed by atoms with Gasteiger partial charge in [-0.1, -0.05) is 52.9 Å². The molecule has 0 fully saturated rings. The molecule has 0 N–H and O–H groups in total. The van der Waals surface area contributed by atoms with E-state index in [1.54, 1.807) is 0 Å². The average molecular weight is 129 g/mol. The topological polar surface area (TPSA) is 0 Å². The molecule has 0 aromatic carbocycles.